The van der Waals surface area contributed by atoms with Gasteiger partial charge in [0.15, 0.2) is 0 Å². The number of nitriles is 1. The molecule has 2 amide bonds. The average molecular weight is 331 g/mol. The summed E-state index contributed by atoms with van der Waals surface area (Å²) in [5.74, 6) is 0.700. The number of carbonyl (C=O) groups is 1. The highest BCUT2D eigenvalue weighted by molar-refractivity contribution is 5.74. The van der Waals surface area contributed by atoms with E-state index in [1.165, 1.54) is 0 Å². The maximum absolute atomic E-state index is 12.1. The Morgan fingerprint density at radius 1 is 1.42 bits per heavy atom. The van der Waals surface area contributed by atoms with E-state index in [1.54, 1.807) is 23.2 Å². The second kappa shape index (κ2) is 9.08. The summed E-state index contributed by atoms with van der Waals surface area (Å²) in [6, 6.07) is 5.65. The van der Waals surface area contributed by atoms with Crippen LogP contribution in [0.1, 0.15) is 25.8 Å². The third-order valence-electron chi connectivity index (χ3n) is 3.82. The first-order valence-electron chi connectivity index (χ1n) is 8.36. The van der Waals surface area contributed by atoms with Gasteiger partial charge in [-0.1, -0.05) is 0 Å². The summed E-state index contributed by atoms with van der Waals surface area (Å²) >= 11 is 0. The van der Waals surface area contributed by atoms with Crippen molar-refractivity contribution in [2.45, 2.75) is 26.4 Å². The van der Waals surface area contributed by atoms with Crippen LogP contribution in [0.5, 0.6) is 0 Å². The van der Waals surface area contributed by atoms with Crippen LogP contribution in [0.15, 0.2) is 18.3 Å². The zero-order chi connectivity index (χ0) is 17.4. The van der Waals surface area contributed by atoms with E-state index in [9.17, 15) is 4.79 Å². The van der Waals surface area contributed by atoms with Gasteiger partial charge >= 0.3 is 6.03 Å². The number of hydrogen-bond acceptors (Lipinski definition) is 5. The zero-order valence-electron chi connectivity index (χ0n) is 14.4. The second-order valence-electron chi connectivity index (χ2n) is 5.97. The minimum Gasteiger partial charge on any atom is -0.379 e. The van der Waals surface area contributed by atoms with Gasteiger partial charge in [0, 0.05) is 45.5 Å². The lowest BCUT2D eigenvalue weighted by Crippen LogP contribution is -2.52. The molecule has 130 valence electrons. The molecule has 1 fully saturated rings. The Hall–Kier alpha value is -2.33. The smallest absolute Gasteiger partial charge is 0.317 e. The summed E-state index contributed by atoms with van der Waals surface area (Å²) < 4.78 is 5.45. The number of pyridine rings is 1. The fourth-order valence-electron chi connectivity index (χ4n) is 2.56. The first kappa shape index (κ1) is 18.0. The number of rotatable bonds is 6. The number of nitrogens with zero attached hydrogens (tertiary/aromatic N) is 4. The highest BCUT2D eigenvalue weighted by Crippen LogP contribution is 2.17. The molecule has 0 saturated carbocycles. The van der Waals surface area contributed by atoms with E-state index in [1.807, 2.05) is 13.8 Å². The van der Waals surface area contributed by atoms with Crippen molar-refractivity contribution < 1.29 is 9.53 Å². The number of ether oxygens (including phenoxy) is 1. The summed E-state index contributed by atoms with van der Waals surface area (Å²) in [7, 11) is 0. The van der Waals surface area contributed by atoms with E-state index in [-0.39, 0.29) is 12.1 Å². The average Bonchev–Trinajstić information content (AvgIpc) is 2.61. The van der Waals surface area contributed by atoms with Gasteiger partial charge < -0.3 is 19.9 Å². The predicted molar refractivity (Wildman–Crippen MR) is 91.8 cm³/mol. The molecule has 1 N–H and O–H groups in total. The summed E-state index contributed by atoms with van der Waals surface area (Å²) in [6.07, 6.45) is 2.72. The van der Waals surface area contributed by atoms with Crippen LogP contribution in [0.4, 0.5) is 10.6 Å². The van der Waals surface area contributed by atoms with E-state index in [2.05, 4.69) is 21.3 Å². The monoisotopic (exact) mass is 331 g/mol. The first-order valence-corrected chi connectivity index (χ1v) is 8.36. The maximum Gasteiger partial charge on any atom is 0.317 e. The molecule has 0 bridgehead atoms. The van der Waals surface area contributed by atoms with E-state index >= 15 is 0 Å². The number of amides is 2. The lowest BCUT2D eigenvalue weighted by Gasteiger charge is -2.35. The first-order chi connectivity index (χ1) is 11.6. The third kappa shape index (κ3) is 5.10. The molecule has 1 aliphatic rings. The molecule has 2 heterocycles. The lowest BCUT2D eigenvalue weighted by molar-refractivity contribution is 0.0771. The molecule has 0 unspecified atom stereocenters. The van der Waals surface area contributed by atoms with Crippen LogP contribution >= 0.6 is 0 Å². The highest BCUT2D eigenvalue weighted by Gasteiger charge is 2.22. The van der Waals surface area contributed by atoms with Gasteiger partial charge in [-0.25, -0.2) is 9.78 Å². The van der Waals surface area contributed by atoms with E-state index in [4.69, 9.17) is 10.00 Å². The molecular formula is C17H25N5O2. The molecule has 0 aromatic carbocycles. The van der Waals surface area contributed by atoms with Crippen LogP contribution in [0, 0.1) is 11.3 Å². The molecule has 0 spiro atoms. The van der Waals surface area contributed by atoms with Crippen molar-refractivity contribution in [2.75, 3.05) is 44.2 Å². The number of urea groups is 1. The van der Waals surface area contributed by atoms with Gasteiger partial charge in [-0.2, -0.15) is 5.26 Å². The van der Waals surface area contributed by atoms with Crippen molar-refractivity contribution in [1.82, 2.24) is 15.2 Å². The number of aromatic nitrogens is 1. The molecule has 1 aliphatic heterocycles. The van der Waals surface area contributed by atoms with Crippen LogP contribution in [-0.2, 0) is 4.74 Å². The van der Waals surface area contributed by atoms with Gasteiger partial charge in [0.25, 0.3) is 0 Å². The largest absolute Gasteiger partial charge is 0.379 e. The molecule has 0 atom stereocenters. The third-order valence-corrected chi connectivity index (χ3v) is 3.82. The van der Waals surface area contributed by atoms with Gasteiger partial charge in [-0.05, 0) is 32.4 Å². The Morgan fingerprint density at radius 3 is 2.83 bits per heavy atom. The van der Waals surface area contributed by atoms with Crippen LogP contribution in [0.2, 0.25) is 0 Å². The second-order valence-corrected chi connectivity index (χ2v) is 5.97. The molecule has 1 aromatic rings. The molecule has 7 heteroatoms. The Labute approximate surface area is 143 Å². The number of piperazine rings is 1. The molecule has 1 aromatic heterocycles. The van der Waals surface area contributed by atoms with Gasteiger partial charge in [0.05, 0.1) is 11.7 Å². The maximum atomic E-state index is 12.1. The summed E-state index contributed by atoms with van der Waals surface area (Å²) in [5.41, 5.74) is 0.570. The molecule has 7 nitrogen and oxygen atoms in total. The number of carbonyl (C=O) groups excluding carboxylic acids is 1. The van der Waals surface area contributed by atoms with E-state index in [0.717, 1.165) is 6.42 Å². The summed E-state index contributed by atoms with van der Waals surface area (Å²) in [6.45, 7) is 7.86. The summed E-state index contributed by atoms with van der Waals surface area (Å²) in [4.78, 5) is 20.3. The Kier molecular flexibility index (Phi) is 6.82. The summed E-state index contributed by atoms with van der Waals surface area (Å²) in [5, 5.41) is 12.1. The predicted octanol–water partition coefficient (Wildman–Crippen LogP) is 1.60. The van der Waals surface area contributed by atoms with Gasteiger partial charge in [0.2, 0.25) is 0 Å². The SMILES string of the molecule is CC(C)OCCCNC(=O)N1CCN(c2ncccc2C#N)CC1. The Morgan fingerprint density at radius 2 is 2.17 bits per heavy atom. The quantitative estimate of drug-likeness (QED) is 0.801. The lowest BCUT2D eigenvalue weighted by atomic mass is 10.2. The molecule has 2 rings (SSSR count). The number of nitrogens with one attached hydrogen (secondary N) is 1. The molecule has 0 aliphatic carbocycles. The van der Waals surface area contributed by atoms with Crippen LogP contribution < -0.4 is 10.2 Å². The fourth-order valence-corrected chi connectivity index (χ4v) is 2.56. The minimum atomic E-state index is -0.0410. The van der Waals surface area contributed by atoms with Crippen molar-refractivity contribution >= 4 is 11.8 Å². The molecular weight excluding hydrogens is 306 g/mol. The van der Waals surface area contributed by atoms with E-state index < -0.39 is 0 Å². The van der Waals surface area contributed by atoms with Crippen molar-refractivity contribution in [3.8, 4) is 6.07 Å². The highest BCUT2D eigenvalue weighted by atomic mass is 16.5. The molecule has 1 saturated heterocycles. The van der Waals surface area contributed by atoms with Crippen LogP contribution in [0.25, 0.3) is 0 Å². The topological polar surface area (TPSA) is 81.5 Å². The van der Waals surface area contributed by atoms with Crippen LogP contribution in [0.3, 0.4) is 0 Å². The number of anilines is 1. The van der Waals surface area contributed by atoms with Gasteiger partial charge in [-0.3, -0.25) is 0 Å². The Balaban J connectivity index is 1.74. The molecule has 0 radical (unpaired) electrons. The fraction of sp³-hybridized carbons (Fsp3) is 0.588. The van der Waals surface area contributed by atoms with Gasteiger partial charge in [-0.15, -0.1) is 0 Å². The van der Waals surface area contributed by atoms with Crippen molar-refractivity contribution in [1.29, 1.82) is 5.26 Å². The Bertz CT molecular complexity index is 577. The van der Waals surface area contributed by atoms with Crippen molar-refractivity contribution in [3.05, 3.63) is 23.9 Å². The normalized spacial score (nSPS) is 14.6. The zero-order valence-corrected chi connectivity index (χ0v) is 14.4. The minimum absolute atomic E-state index is 0.0410. The van der Waals surface area contributed by atoms with Crippen molar-refractivity contribution in [2.24, 2.45) is 0 Å². The van der Waals surface area contributed by atoms with Crippen molar-refractivity contribution in [3.63, 3.8) is 0 Å². The van der Waals surface area contributed by atoms with E-state index in [0.29, 0.717) is 50.7 Å². The number of hydrogen-bond donors (Lipinski definition) is 1. The van der Waals surface area contributed by atoms with Crippen LogP contribution in [-0.4, -0.2) is 61.3 Å². The van der Waals surface area contributed by atoms with Gasteiger partial charge in [0.1, 0.15) is 11.9 Å². The standard InChI is InChI=1S/C17H25N5O2/c1-14(2)24-12-4-7-20-17(23)22-10-8-21(9-11-22)16-15(13-18)5-3-6-19-16/h3,5-6,14H,4,7-12H2,1-2H3,(H,20,23). The molecule has 24 heavy (non-hydrogen) atoms.